The molecule has 7 heteroatoms. The van der Waals surface area contributed by atoms with Gasteiger partial charge in [0.25, 0.3) is 0 Å². The number of hydrazine groups is 1. The van der Waals surface area contributed by atoms with Gasteiger partial charge >= 0.3 is 6.03 Å². The molecule has 6 nitrogen and oxygen atoms in total. The van der Waals surface area contributed by atoms with E-state index < -0.39 is 16.1 Å². The molecule has 0 saturated carbocycles. The van der Waals surface area contributed by atoms with Gasteiger partial charge in [-0.1, -0.05) is 0 Å². The highest BCUT2D eigenvalue weighted by Crippen LogP contribution is 1.85. The lowest BCUT2D eigenvalue weighted by atomic mass is 11.2. The topological polar surface area (TPSA) is 106 Å². The van der Waals surface area contributed by atoms with Gasteiger partial charge in [-0.2, -0.15) is 4.41 Å². The minimum absolute atomic E-state index is 0.0347. The third-order valence-corrected chi connectivity index (χ3v) is 1.47. The third kappa shape index (κ3) is 2.29. The third-order valence-electron chi connectivity index (χ3n) is 0.575. The normalized spacial score (nSPS) is 10.9. The van der Waals surface area contributed by atoms with Gasteiger partial charge in [-0.15, -0.1) is 0 Å². The summed E-state index contributed by atoms with van der Waals surface area (Å²) in [5.41, 5.74) is 4.50. The van der Waals surface area contributed by atoms with Crippen LogP contribution in [0.25, 0.3) is 0 Å². The molecule has 0 aliphatic heterocycles. The number of amides is 2. The van der Waals surface area contributed by atoms with Crippen LogP contribution in [-0.2, 0) is 10.0 Å². The molecule has 0 unspecified atom stereocenters. The summed E-state index contributed by atoms with van der Waals surface area (Å²) in [4.78, 5) is 9.99. The Morgan fingerprint density at radius 2 is 1.89 bits per heavy atom. The van der Waals surface area contributed by atoms with Crippen LogP contribution in [0.1, 0.15) is 0 Å². The lowest BCUT2D eigenvalue weighted by molar-refractivity contribution is 0.233. The van der Waals surface area contributed by atoms with Crippen LogP contribution in [0.5, 0.6) is 0 Å². The largest absolute Gasteiger partial charge is 0.350 e. The number of hydrogen-bond acceptors (Lipinski definition) is 4. The monoisotopic (exact) mass is 153 g/mol. The SMILES string of the molecule is CS(=O)(=O)N(N)C(N)=O. The van der Waals surface area contributed by atoms with Gasteiger partial charge in [0.15, 0.2) is 0 Å². The summed E-state index contributed by atoms with van der Waals surface area (Å²) in [6.07, 6.45) is 0.776. The summed E-state index contributed by atoms with van der Waals surface area (Å²) in [6, 6.07) is -1.20. The molecule has 54 valence electrons. The number of urea groups is 1. The maximum atomic E-state index is 10.3. The summed E-state index contributed by atoms with van der Waals surface area (Å²) in [5.74, 6) is 4.66. The quantitative estimate of drug-likeness (QED) is 0.263. The van der Waals surface area contributed by atoms with Gasteiger partial charge in [0, 0.05) is 0 Å². The molecule has 0 spiro atoms. The molecule has 0 aromatic carbocycles. The predicted molar refractivity (Wildman–Crippen MR) is 30.5 cm³/mol. The zero-order valence-corrected chi connectivity index (χ0v) is 5.55. The Hall–Kier alpha value is -0.820. The zero-order chi connectivity index (χ0) is 7.65. The van der Waals surface area contributed by atoms with Crippen LogP contribution in [0.3, 0.4) is 0 Å². The number of rotatable bonds is 1. The van der Waals surface area contributed by atoms with Gasteiger partial charge < -0.3 is 5.73 Å². The van der Waals surface area contributed by atoms with Gasteiger partial charge in [0.2, 0.25) is 10.0 Å². The summed E-state index contributed by atoms with van der Waals surface area (Å²) in [7, 11) is -3.67. The molecule has 0 heterocycles. The first kappa shape index (κ1) is 8.18. The Kier molecular flexibility index (Phi) is 1.99. The summed E-state index contributed by atoms with van der Waals surface area (Å²) in [6.45, 7) is 0. The van der Waals surface area contributed by atoms with Crippen molar-refractivity contribution in [3.8, 4) is 0 Å². The van der Waals surface area contributed by atoms with Crippen molar-refractivity contribution in [3.05, 3.63) is 0 Å². The molecule has 0 aliphatic carbocycles. The molecule has 0 atom stereocenters. The van der Waals surface area contributed by atoms with E-state index in [2.05, 4.69) is 11.6 Å². The van der Waals surface area contributed by atoms with Crippen LogP contribution in [-0.4, -0.2) is 25.1 Å². The number of nitrogens with zero attached hydrogens (tertiary/aromatic N) is 1. The number of primary amides is 1. The van der Waals surface area contributed by atoms with E-state index in [-0.39, 0.29) is 4.41 Å². The van der Waals surface area contributed by atoms with Gasteiger partial charge in [-0.3, -0.25) is 0 Å². The number of hydrogen-bond donors (Lipinski definition) is 2. The first-order valence-electron chi connectivity index (χ1n) is 1.90. The highest BCUT2D eigenvalue weighted by atomic mass is 32.2. The average Bonchev–Trinajstić information content (AvgIpc) is 1.62. The van der Waals surface area contributed by atoms with Crippen molar-refractivity contribution in [1.82, 2.24) is 4.41 Å². The molecule has 0 rings (SSSR count). The molecule has 0 fully saturated rings. The van der Waals surface area contributed by atoms with Crippen molar-refractivity contribution >= 4 is 16.1 Å². The molecule has 0 aromatic heterocycles. The second-order valence-electron chi connectivity index (χ2n) is 1.40. The van der Waals surface area contributed by atoms with E-state index in [0.717, 1.165) is 6.26 Å². The van der Waals surface area contributed by atoms with E-state index >= 15 is 0 Å². The van der Waals surface area contributed by atoms with E-state index in [9.17, 15) is 13.2 Å². The van der Waals surface area contributed by atoms with Gasteiger partial charge in [0.1, 0.15) is 0 Å². The van der Waals surface area contributed by atoms with Gasteiger partial charge in [0.05, 0.1) is 6.26 Å². The first-order chi connectivity index (χ1) is 3.85. The van der Waals surface area contributed by atoms with Gasteiger partial charge in [-0.25, -0.2) is 19.1 Å². The minimum atomic E-state index is -3.67. The predicted octanol–water partition coefficient (Wildman–Crippen LogP) is -1.80. The zero-order valence-electron chi connectivity index (χ0n) is 4.73. The molecular formula is C2H7N3O3S. The van der Waals surface area contributed by atoms with Crippen LogP contribution < -0.4 is 11.6 Å². The molecule has 2 amide bonds. The number of nitrogens with two attached hydrogens (primary N) is 2. The van der Waals surface area contributed by atoms with Crippen LogP contribution in [0.15, 0.2) is 0 Å². The molecule has 0 saturated heterocycles. The van der Waals surface area contributed by atoms with E-state index in [4.69, 9.17) is 0 Å². The Labute approximate surface area is 52.4 Å². The summed E-state index contributed by atoms with van der Waals surface area (Å²) < 4.78 is 20.5. The van der Waals surface area contributed by atoms with Crippen LogP contribution in [0, 0.1) is 0 Å². The molecular weight excluding hydrogens is 146 g/mol. The Bertz CT molecular complexity index is 207. The van der Waals surface area contributed by atoms with Crippen molar-refractivity contribution in [1.29, 1.82) is 0 Å². The number of carbonyl (C=O) groups excluding carboxylic acids is 1. The number of sulfonamides is 1. The highest BCUT2D eigenvalue weighted by molar-refractivity contribution is 7.88. The summed E-state index contributed by atoms with van der Waals surface area (Å²) in [5, 5.41) is 0. The standard InChI is InChI=1S/C2H7N3O3S/c1-9(7,8)5(4)2(3)6/h4H2,1H3,(H2,3,6). The lowest BCUT2D eigenvalue weighted by Gasteiger charge is -2.08. The Morgan fingerprint density at radius 1 is 1.56 bits per heavy atom. The maximum absolute atomic E-state index is 10.3. The Morgan fingerprint density at radius 3 is 1.89 bits per heavy atom. The van der Waals surface area contributed by atoms with Crippen LogP contribution in [0.4, 0.5) is 4.79 Å². The lowest BCUT2D eigenvalue weighted by Crippen LogP contribution is -2.45. The second kappa shape index (κ2) is 2.19. The van der Waals surface area contributed by atoms with Crippen molar-refractivity contribution in [2.75, 3.05) is 6.26 Å². The fourth-order valence-electron chi connectivity index (χ4n) is 0.163. The molecule has 9 heavy (non-hydrogen) atoms. The van der Waals surface area contributed by atoms with E-state index in [1.54, 1.807) is 0 Å². The summed E-state index contributed by atoms with van der Waals surface area (Å²) >= 11 is 0. The van der Waals surface area contributed by atoms with Crippen molar-refractivity contribution < 1.29 is 13.2 Å². The van der Waals surface area contributed by atoms with Crippen molar-refractivity contribution in [3.63, 3.8) is 0 Å². The van der Waals surface area contributed by atoms with E-state index in [0.29, 0.717) is 0 Å². The minimum Gasteiger partial charge on any atom is -0.350 e. The van der Waals surface area contributed by atoms with Crippen molar-refractivity contribution in [2.24, 2.45) is 11.6 Å². The highest BCUT2D eigenvalue weighted by Gasteiger charge is 2.14. The van der Waals surface area contributed by atoms with Gasteiger partial charge in [-0.05, 0) is 0 Å². The average molecular weight is 153 g/mol. The second-order valence-corrected chi connectivity index (χ2v) is 3.26. The number of carbonyl (C=O) groups is 1. The molecule has 0 aromatic rings. The van der Waals surface area contributed by atoms with Crippen molar-refractivity contribution in [2.45, 2.75) is 0 Å². The van der Waals surface area contributed by atoms with E-state index in [1.807, 2.05) is 0 Å². The molecule has 0 bridgehead atoms. The Balaban J connectivity index is 4.43. The van der Waals surface area contributed by atoms with Crippen LogP contribution >= 0.6 is 0 Å². The van der Waals surface area contributed by atoms with Crippen LogP contribution in [0.2, 0.25) is 0 Å². The smallest absolute Gasteiger partial charge is 0.343 e. The molecule has 0 aliphatic rings. The molecule has 4 N–H and O–H groups in total. The molecule has 0 radical (unpaired) electrons. The first-order valence-corrected chi connectivity index (χ1v) is 3.75. The van der Waals surface area contributed by atoms with E-state index in [1.165, 1.54) is 0 Å². The fraction of sp³-hybridized carbons (Fsp3) is 0.500. The maximum Gasteiger partial charge on any atom is 0.343 e. The fourth-order valence-corrected chi connectivity index (χ4v) is 0.490.